The van der Waals surface area contributed by atoms with Gasteiger partial charge in [0.25, 0.3) is 0 Å². The topological polar surface area (TPSA) is 42.0 Å². The van der Waals surface area contributed by atoms with Gasteiger partial charge in [-0.05, 0) is 54.8 Å². The maximum Gasteiger partial charge on any atom is 0.250 e. The van der Waals surface area contributed by atoms with Crippen molar-refractivity contribution in [2.75, 3.05) is 5.32 Å². The molecule has 0 unspecified atom stereocenters. The Bertz CT molecular complexity index is 897. The van der Waals surface area contributed by atoms with E-state index in [-0.39, 0.29) is 5.91 Å². The molecule has 0 saturated carbocycles. The smallest absolute Gasteiger partial charge is 0.250 e. The number of benzene rings is 2. The summed E-state index contributed by atoms with van der Waals surface area (Å²) in [7, 11) is 0. The highest BCUT2D eigenvalue weighted by atomic mass is 35.5. The molecule has 1 heterocycles. The summed E-state index contributed by atoms with van der Waals surface area (Å²) in [4.78, 5) is 16.5. The Hall–Kier alpha value is -2.17. The molecule has 0 saturated heterocycles. The highest BCUT2D eigenvalue weighted by Gasteiger charge is 2.09. The summed E-state index contributed by atoms with van der Waals surface area (Å²) in [5.41, 5.74) is 4.21. The third-order valence-electron chi connectivity index (χ3n) is 3.61. The van der Waals surface area contributed by atoms with Crippen LogP contribution in [0.5, 0.6) is 0 Å². The maximum atomic E-state index is 12.0. The fourth-order valence-electron chi connectivity index (χ4n) is 2.17. The van der Waals surface area contributed by atoms with E-state index in [0.717, 1.165) is 21.3 Å². The van der Waals surface area contributed by atoms with Crippen molar-refractivity contribution in [3.05, 3.63) is 64.2 Å². The molecular formula is C18H15ClN2OS. The maximum absolute atomic E-state index is 12.0. The minimum atomic E-state index is -0.201. The number of halogens is 1. The largest absolute Gasteiger partial charge is 0.298 e. The lowest BCUT2D eigenvalue weighted by molar-refractivity contribution is -0.111. The van der Waals surface area contributed by atoms with Crippen LogP contribution in [0.2, 0.25) is 5.02 Å². The number of carbonyl (C=O) groups excluding carboxylic acids is 1. The monoisotopic (exact) mass is 342 g/mol. The number of amides is 1. The van der Waals surface area contributed by atoms with Crippen molar-refractivity contribution < 1.29 is 4.79 Å². The van der Waals surface area contributed by atoms with Gasteiger partial charge in [-0.2, -0.15) is 0 Å². The molecule has 0 aliphatic rings. The summed E-state index contributed by atoms with van der Waals surface area (Å²) < 4.78 is 1.07. The molecule has 0 aliphatic carbocycles. The molecule has 116 valence electrons. The van der Waals surface area contributed by atoms with E-state index in [0.29, 0.717) is 10.2 Å². The summed E-state index contributed by atoms with van der Waals surface area (Å²) in [6, 6.07) is 11.4. The molecule has 5 heteroatoms. The predicted octanol–water partition coefficient (Wildman–Crippen LogP) is 5.22. The van der Waals surface area contributed by atoms with Gasteiger partial charge in [0.05, 0.1) is 10.2 Å². The lowest BCUT2D eigenvalue weighted by atomic mass is 10.1. The fourth-order valence-corrected chi connectivity index (χ4v) is 3.23. The number of rotatable bonds is 3. The van der Waals surface area contributed by atoms with Crippen molar-refractivity contribution in [1.29, 1.82) is 0 Å². The van der Waals surface area contributed by atoms with Crippen molar-refractivity contribution in [3.63, 3.8) is 0 Å². The average molecular weight is 343 g/mol. The molecule has 3 aromatic rings. The number of nitrogens with one attached hydrogen (secondary N) is 1. The first-order valence-corrected chi connectivity index (χ1v) is 8.34. The van der Waals surface area contributed by atoms with Crippen molar-refractivity contribution in [2.45, 2.75) is 13.8 Å². The van der Waals surface area contributed by atoms with E-state index in [1.54, 1.807) is 18.2 Å². The van der Waals surface area contributed by atoms with Crippen LogP contribution in [0, 0.1) is 13.8 Å². The van der Waals surface area contributed by atoms with E-state index in [1.807, 2.05) is 25.1 Å². The quantitative estimate of drug-likeness (QED) is 0.663. The lowest BCUT2D eigenvalue weighted by Gasteiger charge is -1.98. The fraction of sp³-hybridized carbons (Fsp3) is 0.111. The highest BCUT2D eigenvalue weighted by Crippen LogP contribution is 2.29. The van der Waals surface area contributed by atoms with Crippen LogP contribution in [0.4, 0.5) is 5.13 Å². The molecule has 2 aromatic carbocycles. The van der Waals surface area contributed by atoms with Crippen LogP contribution in [0.3, 0.4) is 0 Å². The Morgan fingerprint density at radius 1 is 1.17 bits per heavy atom. The first kappa shape index (κ1) is 15.7. The molecule has 3 nitrogen and oxygen atoms in total. The van der Waals surface area contributed by atoms with Gasteiger partial charge < -0.3 is 0 Å². The third-order valence-corrected chi connectivity index (χ3v) is 4.80. The number of nitrogens with zero attached hydrogens (tertiary/aromatic N) is 1. The molecule has 1 amide bonds. The van der Waals surface area contributed by atoms with Crippen LogP contribution in [-0.2, 0) is 4.79 Å². The summed E-state index contributed by atoms with van der Waals surface area (Å²) in [5, 5.41) is 4.10. The second-order valence-corrected chi connectivity index (χ2v) is 6.71. The van der Waals surface area contributed by atoms with Gasteiger partial charge in [-0.3, -0.25) is 10.1 Å². The number of aryl methyl sites for hydroxylation is 2. The second-order valence-electron chi connectivity index (χ2n) is 5.25. The van der Waals surface area contributed by atoms with Crippen LogP contribution >= 0.6 is 22.9 Å². The van der Waals surface area contributed by atoms with Crippen LogP contribution in [0.25, 0.3) is 16.3 Å². The number of anilines is 1. The summed E-state index contributed by atoms with van der Waals surface area (Å²) in [6.45, 7) is 4.10. The minimum absolute atomic E-state index is 0.201. The average Bonchev–Trinajstić information content (AvgIpc) is 2.94. The van der Waals surface area contributed by atoms with Crippen LogP contribution in [0.15, 0.2) is 42.5 Å². The van der Waals surface area contributed by atoms with Crippen molar-refractivity contribution >= 4 is 50.3 Å². The van der Waals surface area contributed by atoms with E-state index in [2.05, 4.69) is 23.3 Å². The standard InChI is InChI=1S/C18H15ClN2OS/c1-11-3-9-15-17(12(11)2)21-18(23-15)20-16(22)10-6-13-4-7-14(19)8-5-13/h3-10H,1-2H3,(H,20,21,22)/b10-6+. The molecule has 1 aromatic heterocycles. The minimum Gasteiger partial charge on any atom is -0.298 e. The van der Waals surface area contributed by atoms with Gasteiger partial charge in [0.1, 0.15) is 0 Å². The van der Waals surface area contributed by atoms with E-state index >= 15 is 0 Å². The highest BCUT2D eigenvalue weighted by molar-refractivity contribution is 7.22. The van der Waals surface area contributed by atoms with Gasteiger partial charge in [-0.15, -0.1) is 0 Å². The molecule has 0 radical (unpaired) electrons. The van der Waals surface area contributed by atoms with Crippen LogP contribution in [-0.4, -0.2) is 10.9 Å². The van der Waals surface area contributed by atoms with Crippen molar-refractivity contribution in [2.24, 2.45) is 0 Å². The molecule has 0 fully saturated rings. The van der Waals surface area contributed by atoms with Gasteiger partial charge >= 0.3 is 0 Å². The molecule has 1 N–H and O–H groups in total. The van der Waals surface area contributed by atoms with E-state index in [4.69, 9.17) is 11.6 Å². The zero-order valence-electron chi connectivity index (χ0n) is 12.8. The normalized spacial score (nSPS) is 11.3. The Kier molecular flexibility index (Phi) is 4.46. The predicted molar refractivity (Wildman–Crippen MR) is 98.2 cm³/mol. The molecule has 3 rings (SSSR count). The Labute approximate surface area is 143 Å². The molecule has 0 spiro atoms. The van der Waals surface area contributed by atoms with E-state index in [9.17, 15) is 4.79 Å². The lowest BCUT2D eigenvalue weighted by Crippen LogP contribution is -2.07. The van der Waals surface area contributed by atoms with E-state index < -0.39 is 0 Å². The number of aromatic nitrogens is 1. The van der Waals surface area contributed by atoms with Crippen LogP contribution in [0.1, 0.15) is 16.7 Å². The van der Waals surface area contributed by atoms with Crippen molar-refractivity contribution in [1.82, 2.24) is 4.98 Å². The number of fused-ring (bicyclic) bond motifs is 1. The number of thiazole rings is 1. The molecule has 0 aliphatic heterocycles. The first-order chi connectivity index (χ1) is 11.0. The molecule has 0 atom stereocenters. The first-order valence-electron chi connectivity index (χ1n) is 7.14. The SMILES string of the molecule is Cc1ccc2sc(NC(=O)/C=C/c3ccc(Cl)cc3)nc2c1C. The summed E-state index contributed by atoms with van der Waals surface area (Å²) in [5.74, 6) is -0.201. The number of hydrogen-bond acceptors (Lipinski definition) is 3. The third kappa shape index (κ3) is 3.60. The number of hydrogen-bond donors (Lipinski definition) is 1. The van der Waals surface area contributed by atoms with Crippen molar-refractivity contribution in [3.8, 4) is 0 Å². The van der Waals surface area contributed by atoms with Gasteiger partial charge in [0.2, 0.25) is 5.91 Å². The van der Waals surface area contributed by atoms with E-state index in [1.165, 1.54) is 23.0 Å². The molecule has 0 bridgehead atoms. The Morgan fingerprint density at radius 2 is 1.91 bits per heavy atom. The molecule has 23 heavy (non-hydrogen) atoms. The van der Waals surface area contributed by atoms with Gasteiger partial charge in [-0.1, -0.05) is 41.1 Å². The molecular weight excluding hydrogens is 328 g/mol. The second kappa shape index (κ2) is 6.52. The van der Waals surface area contributed by atoms with Gasteiger partial charge in [0, 0.05) is 11.1 Å². The van der Waals surface area contributed by atoms with Crippen LogP contribution < -0.4 is 5.32 Å². The number of carbonyl (C=O) groups is 1. The Balaban J connectivity index is 1.75. The summed E-state index contributed by atoms with van der Waals surface area (Å²) >= 11 is 7.31. The summed E-state index contributed by atoms with van der Waals surface area (Å²) in [6.07, 6.45) is 3.24. The Morgan fingerprint density at radius 3 is 2.65 bits per heavy atom. The van der Waals surface area contributed by atoms with Gasteiger partial charge in [-0.25, -0.2) is 4.98 Å². The van der Waals surface area contributed by atoms with Gasteiger partial charge in [0.15, 0.2) is 5.13 Å². The zero-order valence-corrected chi connectivity index (χ0v) is 14.3. The zero-order chi connectivity index (χ0) is 16.4.